The van der Waals surface area contributed by atoms with Gasteiger partial charge in [-0.15, -0.1) is 12.4 Å². The number of para-hydroxylation sites is 1. The Balaban J connectivity index is 0.00000192. The molecule has 2 saturated heterocycles. The van der Waals surface area contributed by atoms with E-state index in [4.69, 9.17) is 0 Å². The zero-order valence-corrected chi connectivity index (χ0v) is 17.2. The van der Waals surface area contributed by atoms with Gasteiger partial charge in [-0.25, -0.2) is 0 Å². The molecule has 2 heterocycles. The molecule has 1 spiro atoms. The van der Waals surface area contributed by atoms with Gasteiger partial charge in [0.05, 0.1) is 6.67 Å². The van der Waals surface area contributed by atoms with Crippen LogP contribution in [0.25, 0.3) is 0 Å². The third-order valence-corrected chi connectivity index (χ3v) is 6.85. The Morgan fingerprint density at radius 1 is 0.964 bits per heavy atom. The number of carbonyl (C=O) groups is 1. The molecule has 2 aromatic rings. The summed E-state index contributed by atoms with van der Waals surface area (Å²) in [4.78, 5) is 20.0. The van der Waals surface area contributed by atoms with Crippen LogP contribution in [0.4, 0.5) is 5.69 Å². The molecule has 0 radical (unpaired) electrons. The second-order valence-electron chi connectivity index (χ2n) is 8.23. The predicted octanol–water partition coefficient (Wildman–Crippen LogP) is 3.87. The van der Waals surface area contributed by atoms with E-state index in [2.05, 4.69) is 58.3 Å². The Morgan fingerprint density at radius 3 is 2.39 bits per heavy atom. The van der Waals surface area contributed by atoms with Gasteiger partial charge in [0, 0.05) is 31.9 Å². The highest BCUT2D eigenvalue weighted by molar-refractivity contribution is 5.93. The summed E-state index contributed by atoms with van der Waals surface area (Å²) < 4.78 is 0. The van der Waals surface area contributed by atoms with Crippen molar-refractivity contribution in [1.82, 2.24) is 9.80 Å². The summed E-state index contributed by atoms with van der Waals surface area (Å²) >= 11 is 0. The maximum atomic E-state index is 13.2. The number of aryl methyl sites for hydroxylation is 1. The number of fused-ring (bicyclic) bond motifs is 1. The van der Waals surface area contributed by atoms with Gasteiger partial charge in [0.25, 0.3) is 0 Å². The fourth-order valence-corrected chi connectivity index (χ4v) is 5.42. The van der Waals surface area contributed by atoms with Gasteiger partial charge in [-0.3, -0.25) is 9.69 Å². The number of likely N-dealkylation sites (N-methyl/N-ethyl adjacent to an activating group) is 1. The number of anilines is 1. The fraction of sp³-hybridized carbons (Fsp3) is 0.435. The van der Waals surface area contributed by atoms with Gasteiger partial charge in [0.1, 0.15) is 5.54 Å². The van der Waals surface area contributed by atoms with Crippen molar-refractivity contribution in [2.45, 2.75) is 37.3 Å². The summed E-state index contributed by atoms with van der Waals surface area (Å²) in [5.41, 5.74) is 3.80. The summed E-state index contributed by atoms with van der Waals surface area (Å²) in [7, 11) is 1.94. The summed E-state index contributed by atoms with van der Waals surface area (Å²) in [5, 5.41) is 0. The molecule has 5 heteroatoms. The van der Waals surface area contributed by atoms with Crippen molar-refractivity contribution in [2.75, 3.05) is 31.7 Å². The van der Waals surface area contributed by atoms with E-state index in [1.54, 1.807) is 0 Å². The molecule has 1 aliphatic carbocycles. The number of carbonyl (C=O) groups excluding carboxylic acids is 1. The SMILES string of the molecule is CN1CN(c2ccccc2)C2(CCN(C3CCc4ccccc43)CC2)C1=O.Cl. The van der Waals surface area contributed by atoms with Gasteiger partial charge >= 0.3 is 0 Å². The van der Waals surface area contributed by atoms with Crippen LogP contribution in [0.15, 0.2) is 54.6 Å². The maximum Gasteiger partial charge on any atom is 0.249 e. The number of piperidine rings is 1. The number of rotatable bonds is 2. The normalized spacial score (nSPS) is 23.8. The van der Waals surface area contributed by atoms with Crippen molar-refractivity contribution < 1.29 is 4.79 Å². The largest absolute Gasteiger partial charge is 0.339 e. The lowest BCUT2D eigenvalue weighted by Gasteiger charge is -2.45. The average Bonchev–Trinajstić information content (AvgIpc) is 3.25. The fourth-order valence-electron chi connectivity index (χ4n) is 5.42. The number of halogens is 1. The van der Waals surface area contributed by atoms with E-state index in [-0.39, 0.29) is 23.9 Å². The molecule has 5 rings (SSSR count). The molecule has 4 nitrogen and oxygen atoms in total. The van der Waals surface area contributed by atoms with Crippen LogP contribution < -0.4 is 4.90 Å². The Hall–Kier alpha value is -2.04. The van der Waals surface area contributed by atoms with Crippen LogP contribution in [0.2, 0.25) is 0 Å². The highest BCUT2D eigenvalue weighted by Crippen LogP contribution is 2.43. The first kappa shape index (κ1) is 19.3. The molecule has 1 unspecified atom stereocenters. The lowest BCUT2D eigenvalue weighted by atomic mass is 9.84. The smallest absolute Gasteiger partial charge is 0.249 e. The molecule has 3 aliphatic rings. The summed E-state index contributed by atoms with van der Waals surface area (Å²) in [6.07, 6.45) is 4.20. The molecule has 28 heavy (non-hydrogen) atoms. The number of amides is 1. The van der Waals surface area contributed by atoms with Crippen molar-refractivity contribution in [1.29, 1.82) is 0 Å². The van der Waals surface area contributed by atoms with Gasteiger partial charge in [0.2, 0.25) is 5.91 Å². The van der Waals surface area contributed by atoms with E-state index in [1.165, 1.54) is 24.0 Å². The van der Waals surface area contributed by atoms with Gasteiger partial charge in [-0.05, 0) is 48.9 Å². The minimum absolute atomic E-state index is 0. The van der Waals surface area contributed by atoms with E-state index in [0.29, 0.717) is 12.7 Å². The molecule has 2 aromatic carbocycles. The first-order valence-electron chi connectivity index (χ1n) is 10.1. The highest BCUT2D eigenvalue weighted by Gasteiger charge is 2.53. The van der Waals surface area contributed by atoms with Gasteiger partial charge in [-0.1, -0.05) is 42.5 Å². The van der Waals surface area contributed by atoms with Crippen molar-refractivity contribution in [2.24, 2.45) is 0 Å². The van der Waals surface area contributed by atoms with Crippen molar-refractivity contribution in [3.63, 3.8) is 0 Å². The predicted molar refractivity (Wildman–Crippen MR) is 115 cm³/mol. The Morgan fingerprint density at radius 2 is 1.64 bits per heavy atom. The molecule has 1 amide bonds. The van der Waals surface area contributed by atoms with Gasteiger partial charge in [0.15, 0.2) is 0 Å². The molecule has 2 aliphatic heterocycles. The summed E-state index contributed by atoms with van der Waals surface area (Å²) in [5.74, 6) is 0.290. The lowest BCUT2D eigenvalue weighted by molar-refractivity contribution is -0.132. The number of hydrogen-bond donors (Lipinski definition) is 0. The number of hydrogen-bond acceptors (Lipinski definition) is 3. The topological polar surface area (TPSA) is 26.8 Å². The molecule has 148 valence electrons. The van der Waals surface area contributed by atoms with E-state index < -0.39 is 0 Å². The summed E-state index contributed by atoms with van der Waals surface area (Å²) in [6, 6.07) is 19.8. The standard InChI is InChI=1S/C23H27N3O.ClH/c1-24-17-26(19-8-3-2-4-9-19)23(22(24)27)13-15-25(16-14-23)21-12-11-18-7-5-6-10-20(18)21;/h2-10,21H,11-17H2,1H3;1H. The average molecular weight is 398 g/mol. The summed E-state index contributed by atoms with van der Waals surface area (Å²) in [6.45, 7) is 2.67. The quantitative estimate of drug-likeness (QED) is 0.769. The number of benzene rings is 2. The monoisotopic (exact) mass is 397 g/mol. The van der Waals surface area contributed by atoms with Crippen LogP contribution in [0.5, 0.6) is 0 Å². The van der Waals surface area contributed by atoms with E-state index >= 15 is 0 Å². The maximum absolute atomic E-state index is 13.2. The lowest BCUT2D eigenvalue weighted by Crippen LogP contribution is -2.56. The molecule has 0 bridgehead atoms. The minimum Gasteiger partial charge on any atom is -0.339 e. The van der Waals surface area contributed by atoms with Gasteiger partial charge < -0.3 is 9.80 Å². The van der Waals surface area contributed by atoms with E-state index in [1.807, 2.05) is 18.0 Å². The Kier molecular flexibility index (Phi) is 5.11. The van der Waals surface area contributed by atoms with Crippen LogP contribution >= 0.6 is 12.4 Å². The molecule has 0 aromatic heterocycles. The van der Waals surface area contributed by atoms with Crippen LogP contribution in [-0.4, -0.2) is 48.1 Å². The Labute approximate surface area is 173 Å². The van der Waals surface area contributed by atoms with Crippen molar-refractivity contribution in [3.05, 3.63) is 65.7 Å². The first-order chi connectivity index (χ1) is 13.2. The molecular weight excluding hydrogens is 370 g/mol. The van der Waals surface area contributed by atoms with Crippen LogP contribution in [0.1, 0.15) is 36.4 Å². The van der Waals surface area contributed by atoms with Crippen LogP contribution in [0.3, 0.4) is 0 Å². The number of likely N-dealkylation sites (tertiary alicyclic amines) is 1. The zero-order chi connectivity index (χ0) is 18.4. The van der Waals surface area contributed by atoms with E-state index in [0.717, 1.165) is 31.6 Å². The first-order valence-corrected chi connectivity index (χ1v) is 10.1. The second kappa shape index (κ2) is 7.41. The molecule has 0 saturated carbocycles. The van der Waals surface area contributed by atoms with Crippen molar-refractivity contribution in [3.8, 4) is 0 Å². The molecule has 1 atom stereocenters. The van der Waals surface area contributed by atoms with Gasteiger partial charge in [-0.2, -0.15) is 0 Å². The zero-order valence-electron chi connectivity index (χ0n) is 16.4. The van der Waals surface area contributed by atoms with Crippen molar-refractivity contribution >= 4 is 24.0 Å². The van der Waals surface area contributed by atoms with Crippen LogP contribution in [0, 0.1) is 0 Å². The molecule has 0 N–H and O–H groups in total. The molecular formula is C23H28ClN3O. The Bertz CT molecular complexity index is 848. The molecule has 2 fully saturated rings. The second-order valence-corrected chi connectivity index (χ2v) is 8.23. The highest BCUT2D eigenvalue weighted by atomic mass is 35.5. The third-order valence-electron chi connectivity index (χ3n) is 6.85. The minimum atomic E-state index is -0.370. The number of nitrogens with zero attached hydrogens (tertiary/aromatic N) is 3. The van der Waals surface area contributed by atoms with Crippen LogP contribution in [-0.2, 0) is 11.2 Å². The van der Waals surface area contributed by atoms with E-state index in [9.17, 15) is 4.79 Å². The third kappa shape index (κ3) is 2.90.